The Morgan fingerprint density at radius 3 is 2.52 bits per heavy atom. The van der Waals surface area contributed by atoms with Crippen LogP contribution in [0.15, 0.2) is 4.52 Å². The van der Waals surface area contributed by atoms with Crippen LogP contribution in [0, 0.1) is 5.41 Å². The van der Waals surface area contributed by atoms with Gasteiger partial charge in [0.05, 0.1) is 12.2 Å². The Morgan fingerprint density at radius 1 is 1.26 bits per heavy atom. The van der Waals surface area contributed by atoms with E-state index in [9.17, 15) is 8.42 Å². The van der Waals surface area contributed by atoms with Gasteiger partial charge >= 0.3 is 0 Å². The van der Waals surface area contributed by atoms with Crippen LogP contribution in [-0.2, 0) is 10.0 Å². The van der Waals surface area contributed by atoms with Gasteiger partial charge in [0, 0.05) is 43.6 Å². The standard InChI is InChI=1S/C15H24N4O3S/c1-10(2)18-7-15(8-18)9-19(23(3,20)21)6-12(15)14-16-13(17-22-14)11-4-5-11/h10-12H,4-9H2,1-3H3. The quantitative estimate of drug-likeness (QED) is 0.814. The lowest BCUT2D eigenvalue weighted by Gasteiger charge is -2.52. The Balaban J connectivity index is 1.61. The van der Waals surface area contributed by atoms with Crippen molar-refractivity contribution in [2.75, 3.05) is 32.4 Å². The van der Waals surface area contributed by atoms with Crippen LogP contribution in [0.3, 0.4) is 0 Å². The van der Waals surface area contributed by atoms with Crippen molar-refractivity contribution in [2.24, 2.45) is 5.41 Å². The summed E-state index contributed by atoms with van der Waals surface area (Å²) in [5, 5.41) is 4.12. The maximum Gasteiger partial charge on any atom is 0.231 e. The van der Waals surface area contributed by atoms with E-state index in [2.05, 4.69) is 28.9 Å². The fourth-order valence-corrected chi connectivity index (χ4v) is 4.77. The number of rotatable bonds is 4. The van der Waals surface area contributed by atoms with Gasteiger partial charge in [0.2, 0.25) is 15.9 Å². The molecule has 2 aliphatic heterocycles. The monoisotopic (exact) mass is 340 g/mol. The van der Waals surface area contributed by atoms with Crippen molar-refractivity contribution < 1.29 is 12.9 Å². The lowest BCUT2D eigenvalue weighted by atomic mass is 9.71. The fraction of sp³-hybridized carbons (Fsp3) is 0.867. The Hall–Kier alpha value is -0.990. The maximum atomic E-state index is 12.0. The van der Waals surface area contributed by atoms with Crippen molar-refractivity contribution in [1.82, 2.24) is 19.3 Å². The highest BCUT2D eigenvalue weighted by molar-refractivity contribution is 7.88. The molecule has 128 valence electrons. The highest BCUT2D eigenvalue weighted by atomic mass is 32.2. The summed E-state index contributed by atoms with van der Waals surface area (Å²) in [6.07, 6.45) is 3.54. The number of likely N-dealkylation sites (tertiary alicyclic amines) is 1. The van der Waals surface area contributed by atoms with Gasteiger partial charge < -0.3 is 4.52 Å². The molecular weight excluding hydrogens is 316 g/mol. The Morgan fingerprint density at radius 2 is 1.96 bits per heavy atom. The van der Waals surface area contributed by atoms with E-state index in [0.717, 1.165) is 31.8 Å². The molecule has 0 N–H and O–H groups in total. The lowest BCUT2D eigenvalue weighted by molar-refractivity contribution is -0.0266. The molecule has 1 unspecified atom stereocenters. The van der Waals surface area contributed by atoms with Gasteiger partial charge in [-0.2, -0.15) is 4.98 Å². The summed E-state index contributed by atoms with van der Waals surface area (Å²) in [5.74, 6) is 1.88. The molecule has 1 saturated carbocycles. The van der Waals surface area contributed by atoms with Crippen LogP contribution in [0.5, 0.6) is 0 Å². The van der Waals surface area contributed by atoms with Gasteiger partial charge in [-0.3, -0.25) is 4.90 Å². The van der Waals surface area contributed by atoms with E-state index < -0.39 is 10.0 Å². The molecule has 3 aliphatic rings. The first kappa shape index (κ1) is 15.5. The number of aromatic nitrogens is 2. The van der Waals surface area contributed by atoms with E-state index >= 15 is 0 Å². The molecule has 1 aromatic rings. The van der Waals surface area contributed by atoms with Crippen molar-refractivity contribution in [3.05, 3.63) is 11.7 Å². The van der Waals surface area contributed by atoms with Gasteiger partial charge in [0.15, 0.2) is 5.82 Å². The van der Waals surface area contributed by atoms with E-state index in [-0.39, 0.29) is 11.3 Å². The molecule has 2 saturated heterocycles. The number of nitrogens with zero attached hydrogens (tertiary/aromatic N) is 4. The summed E-state index contributed by atoms with van der Waals surface area (Å²) >= 11 is 0. The van der Waals surface area contributed by atoms with Crippen LogP contribution in [0.1, 0.15) is 50.2 Å². The molecule has 0 radical (unpaired) electrons. The number of hydrogen-bond acceptors (Lipinski definition) is 6. The van der Waals surface area contributed by atoms with Crippen LogP contribution >= 0.6 is 0 Å². The SMILES string of the molecule is CC(C)N1CC2(C1)CN(S(C)(=O)=O)CC2c1nc(C2CC2)no1. The second kappa shape index (κ2) is 5.00. The van der Waals surface area contributed by atoms with Gasteiger partial charge in [-0.05, 0) is 26.7 Å². The third kappa shape index (κ3) is 2.60. The first-order valence-corrected chi connectivity index (χ1v) is 10.2. The Bertz CT molecular complexity index is 704. The van der Waals surface area contributed by atoms with Crippen LogP contribution in [0.25, 0.3) is 0 Å². The molecule has 4 rings (SSSR count). The third-order valence-corrected chi connectivity index (χ3v) is 6.77. The van der Waals surface area contributed by atoms with E-state index in [4.69, 9.17) is 4.52 Å². The molecule has 0 bridgehead atoms. The number of hydrogen-bond donors (Lipinski definition) is 0. The minimum atomic E-state index is -3.20. The summed E-state index contributed by atoms with van der Waals surface area (Å²) in [6.45, 7) is 7.13. The van der Waals surface area contributed by atoms with E-state index in [1.807, 2.05) is 0 Å². The Kier molecular flexibility index (Phi) is 3.38. The van der Waals surface area contributed by atoms with E-state index in [1.54, 1.807) is 4.31 Å². The summed E-state index contributed by atoms with van der Waals surface area (Å²) in [6, 6.07) is 0.471. The van der Waals surface area contributed by atoms with Crippen molar-refractivity contribution in [1.29, 1.82) is 0 Å². The molecule has 1 atom stereocenters. The van der Waals surface area contributed by atoms with Crippen molar-refractivity contribution in [3.8, 4) is 0 Å². The zero-order chi connectivity index (χ0) is 16.4. The average molecular weight is 340 g/mol. The van der Waals surface area contributed by atoms with Crippen LogP contribution in [0.2, 0.25) is 0 Å². The molecule has 3 fully saturated rings. The molecule has 7 nitrogen and oxygen atoms in total. The molecule has 3 heterocycles. The molecule has 1 aliphatic carbocycles. The van der Waals surface area contributed by atoms with Crippen molar-refractivity contribution >= 4 is 10.0 Å². The Labute approximate surface area is 137 Å². The normalized spacial score (nSPS) is 28.6. The van der Waals surface area contributed by atoms with Gasteiger partial charge in [-0.1, -0.05) is 5.16 Å². The smallest absolute Gasteiger partial charge is 0.231 e. The molecule has 0 aromatic carbocycles. The van der Waals surface area contributed by atoms with Gasteiger partial charge in [-0.25, -0.2) is 12.7 Å². The minimum absolute atomic E-state index is 0.00669. The topological polar surface area (TPSA) is 79.5 Å². The first-order valence-electron chi connectivity index (χ1n) is 8.31. The predicted molar refractivity (Wildman–Crippen MR) is 84.6 cm³/mol. The van der Waals surface area contributed by atoms with Crippen molar-refractivity contribution in [3.63, 3.8) is 0 Å². The molecule has 23 heavy (non-hydrogen) atoms. The zero-order valence-corrected chi connectivity index (χ0v) is 14.7. The molecular formula is C15H24N4O3S. The molecule has 1 aromatic heterocycles. The average Bonchev–Trinajstić information content (AvgIpc) is 3.00. The predicted octanol–water partition coefficient (Wildman–Crippen LogP) is 1.02. The van der Waals surface area contributed by atoms with Crippen LogP contribution < -0.4 is 0 Å². The van der Waals surface area contributed by atoms with Crippen LogP contribution in [-0.4, -0.2) is 66.2 Å². The summed E-state index contributed by atoms with van der Waals surface area (Å²) in [7, 11) is -3.20. The van der Waals surface area contributed by atoms with E-state index in [1.165, 1.54) is 6.26 Å². The van der Waals surface area contributed by atoms with Gasteiger partial charge in [0.1, 0.15) is 0 Å². The molecule has 8 heteroatoms. The lowest BCUT2D eigenvalue weighted by Crippen LogP contribution is -2.61. The molecule has 0 amide bonds. The summed E-state index contributed by atoms with van der Waals surface area (Å²) in [5.41, 5.74) is -0.0826. The van der Waals surface area contributed by atoms with Gasteiger partial charge in [0.25, 0.3) is 0 Å². The summed E-state index contributed by atoms with van der Waals surface area (Å²) in [4.78, 5) is 6.97. The number of sulfonamides is 1. The third-order valence-electron chi connectivity index (χ3n) is 5.55. The second-order valence-electron chi connectivity index (χ2n) is 7.73. The minimum Gasteiger partial charge on any atom is -0.339 e. The first-order chi connectivity index (χ1) is 10.8. The highest BCUT2D eigenvalue weighted by Crippen LogP contribution is 2.50. The van der Waals surface area contributed by atoms with Crippen molar-refractivity contribution in [2.45, 2.75) is 44.6 Å². The van der Waals surface area contributed by atoms with E-state index in [0.29, 0.717) is 30.9 Å². The molecule has 1 spiro atoms. The van der Waals surface area contributed by atoms with Gasteiger partial charge in [-0.15, -0.1) is 0 Å². The summed E-state index contributed by atoms with van der Waals surface area (Å²) < 4.78 is 31.2. The second-order valence-corrected chi connectivity index (χ2v) is 9.72. The van der Waals surface area contributed by atoms with Crippen LogP contribution in [0.4, 0.5) is 0 Å². The highest BCUT2D eigenvalue weighted by Gasteiger charge is 2.58. The zero-order valence-electron chi connectivity index (χ0n) is 13.9. The fourth-order valence-electron chi connectivity index (χ4n) is 3.86. The maximum absolute atomic E-state index is 12.0. The largest absolute Gasteiger partial charge is 0.339 e.